The molecule has 0 aromatic heterocycles. The van der Waals surface area contributed by atoms with Gasteiger partial charge in [-0.05, 0) is 92.7 Å². The molecule has 0 spiro atoms. The fourth-order valence-corrected chi connectivity index (χ4v) is 9.36. The maximum Gasteiger partial charge on any atom is 0.237 e. The number of rotatable bonds is 6. The molecule has 3 saturated carbocycles. The van der Waals surface area contributed by atoms with Crippen molar-refractivity contribution in [2.75, 3.05) is 0 Å². The van der Waals surface area contributed by atoms with Gasteiger partial charge < -0.3 is 10.6 Å². The number of fused-ring (bicyclic) bond motifs is 1. The molecule has 3 aliphatic carbocycles. The van der Waals surface area contributed by atoms with Crippen LogP contribution in [-0.4, -0.2) is 31.7 Å². The summed E-state index contributed by atoms with van der Waals surface area (Å²) in [6, 6.07) is 7.61. The maximum absolute atomic E-state index is 13.3. The molecule has 0 bridgehead atoms. The summed E-state index contributed by atoms with van der Waals surface area (Å²) in [5.74, 6) is 3.01. The summed E-state index contributed by atoms with van der Waals surface area (Å²) >= 11 is 0. The minimum Gasteiger partial charge on any atom is -0.351 e. The summed E-state index contributed by atoms with van der Waals surface area (Å²) in [6.45, 7) is 2.76. The van der Waals surface area contributed by atoms with Crippen molar-refractivity contribution in [3.8, 4) is 0 Å². The minimum absolute atomic E-state index is 0.0680. The Hall–Kier alpha value is -1.40. The predicted octanol–water partition coefficient (Wildman–Crippen LogP) is 5.38. The van der Waals surface area contributed by atoms with Crippen LogP contribution in [0.2, 0.25) is 0 Å². The predicted molar refractivity (Wildman–Crippen MR) is 140 cm³/mol. The Kier molecular flexibility index (Phi) is 7.88. The molecular formula is C29H44N2O3S. The minimum atomic E-state index is -3.29. The van der Waals surface area contributed by atoms with Crippen LogP contribution in [0.1, 0.15) is 96.0 Å². The quantitative estimate of drug-likeness (QED) is 0.550. The van der Waals surface area contributed by atoms with E-state index in [0.717, 1.165) is 55.4 Å². The summed E-state index contributed by atoms with van der Waals surface area (Å²) in [7, 11) is -3.29. The van der Waals surface area contributed by atoms with E-state index in [4.69, 9.17) is 0 Å². The van der Waals surface area contributed by atoms with E-state index in [1.807, 2.05) is 12.1 Å². The monoisotopic (exact) mass is 500 g/mol. The van der Waals surface area contributed by atoms with Crippen LogP contribution < -0.4 is 10.6 Å². The Morgan fingerprint density at radius 3 is 2.26 bits per heavy atom. The van der Waals surface area contributed by atoms with Crippen molar-refractivity contribution in [3.63, 3.8) is 0 Å². The van der Waals surface area contributed by atoms with Crippen molar-refractivity contribution in [1.29, 1.82) is 0 Å². The standard InChI is InChI=1S/C29H44N2O3S/c1-20-7-16-27-24(17-20)18-28(31-27)29(32)30-19-21-8-12-25(13-9-21)35(33,34)26-14-10-23(11-15-26)22-5-3-2-4-6-22/h8-9,12-13,20,22-24,26-28,31H,2-7,10-11,14-19H2,1H3,(H,30,32). The zero-order chi connectivity index (χ0) is 24.4. The van der Waals surface area contributed by atoms with Crippen molar-refractivity contribution in [2.24, 2.45) is 23.7 Å². The lowest BCUT2D eigenvalue weighted by Gasteiger charge is -2.35. The van der Waals surface area contributed by atoms with E-state index in [2.05, 4.69) is 17.6 Å². The van der Waals surface area contributed by atoms with Crippen molar-refractivity contribution in [2.45, 2.75) is 119 Å². The normalized spacial score (nSPS) is 34.3. The molecule has 1 saturated heterocycles. The second-order valence-electron chi connectivity index (χ2n) is 12.1. The Balaban J connectivity index is 1.11. The van der Waals surface area contributed by atoms with Gasteiger partial charge in [-0.25, -0.2) is 8.42 Å². The molecule has 4 unspecified atom stereocenters. The van der Waals surface area contributed by atoms with Gasteiger partial charge in [-0.1, -0.05) is 51.2 Å². The van der Waals surface area contributed by atoms with E-state index in [-0.39, 0.29) is 17.2 Å². The number of carbonyl (C=O) groups excluding carboxylic acids is 1. The summed E-state index contributed by atoms with van der Waals surface area (Å²) in [4.78, 5) is 13.2. The smallest absolute Gasteiger partial charge is 0.237 e. The van der Waals surface area contributed by atoms with Gasteiger partial charge in [0.1, 0.15) is 0 Å². The Labute approximate surface area is 212 Å². The van der Waals surface area contributed by atoms with E-state index >= 15 is 0 Å². The molecule has 35 heavy (non-hydrogen) atoms. The van der Waals surface area contributed by atoms with Crippen LogP contribution in [0.15, 0.2) is 29.2 Å². The Morgan fingerprint density at radius 2 is 1.54 bits per heavy atom. The maximum atomic E-state index is 13.3. The zero-order valence-electron chi connectivity index (χ0n) is 21.4. The lowest BCUT2D eigenvalue weighted by Crippen LogP contribution is -2.43. The van der Waals surface area contributed by atoms with Crippen LogP contribution in [0.5, 0.6) is 0 Å². The van der Waals surface area contributed by atoms with Crippen molar-refractivity contribution in [1.82, 2.24) is 10.6 Å². The molecular weight excluding hydrogens is 456 g/mol. The van der Waals surface area contributed by atoms with Gasteiger partial charge in [0.25, 0.3) is 0 Å². The lowest BCUT2D eigenvalue weighted by molar-refractivity contribution is -0.123. The van der Waals surface area contributed by atoms with Gasteiger partial charge in [-0.15, -0.1) is 0 Å². The van der Waals surface area contributed by atoms with Gasteiger partial charge in [0.2, 0.25) is 5.91 Å². The summed E-state index contributed by atoms with van der Waals surface area (Å²) in [5, 5.41) is 6.37. The average Bonchev–Trinajstić information content (AvgIpc) is 3.31. The van der Waals surface area contributed by atoms with Crippen molar-refractivity contribution < 1.29 is 13.2 Å². The number of nitrogens with one attached hydrogen (secondary N) is 2. The number of hydrogen-bond acceptors (Lipinski definition) is 4. The van der Waals surface area contributed by atoms with Crippen LogP contribution in [0.3, 0.4) is 0 Å². The molecule has 2 N–H and O–H groups in total. The van der Waals surface area contributed by atoms with Crippen LogP contribution >= 0.6 is 0 Å². The molecule has 5 rings (SSSR count). The van der Waals surface area contributed by atoms with Crippen molar-refractivity contribution >= 4 is 15.7 Å². The summed E-state index contributed by atoms with van der Waals surface area (Å²) < 4.78 is 26.6. The van der Waals surface area contributed by atoms with E-state index in [0.29, 0.717) is 23.4 Å². The molecule has 1 aliphatic heterocycles. The average molecular weight is 501 g/mol. The van der Waals surface area contributed by atoms with Gasteiger partial charge in [-0.2, -0.15) is 0 Å². The molecule has 1 aromatic carbocycles. The topological polar surface area (TPSA) is 75.3 Å². The molecule has 4 aliphatic rings. The molecule has 1 amide bonds. The van der Waals surface area contributed by atoms with Gasteiger partial charge >= 0.3 is 0 Å². The Bertz CT molecular complexity index is 962. The number of amides is 1. The summed E-state index contributed by atoms with van der Waals surface area (Å²) in [6.07, 6.45) is 15.1. The third-order valence-electron chi connectivity index (χ3n) is 9.71. The van der Waals surface area contributed by atoms with Crippen LogP contribution in [0.25, 0.3) is 0 Å². The van der Waals surface area contributed by atoms with Crippen LogP contribution in [0.4, 0.5) is 0 Å². The molecule has 1 aromatic rings. The third-order valence-corrected chi connectivity index (χ3v) is 12.0. The molecule has 4 fully saturated rings. The fourth-order valence-electron chi connectivity index (χ4n) is 7.57. The number of carbonyl (C=O) groups is 1. The van der Waals surface area contributed by atoms with E-state index in [9.17, 15) is 13.2 Å². The highest BCUT2D eigenvalue weighted by atomic mass is 32.2. The van der Waals surface area contributed by atoms with Gasteiger partial charge in [0, 0.05) is 12.6 Å². The highest BCUT2D eigenvalue weighted by molar-refractivity contribution is 7.92. The molecule has 5 nitrogen and oxygen atoms in total. The Morgan fingerprint density at radius 1 is 0.857 bits per heavy atom. The third kappa shape index (κ3) is 5.79. The first-order valence-electron chi connectivity index (χ1n) is 14.3. The van der Waals surface area contributed by atoms with E-state index in [1.165, 1.54) is 51.4 Å². The summed E-state index contributed by atoms with van der Waals surface area (Å²) in [5.41, 5.74) is 0.947. The highest BCUT2D eigenvalue weighted by Gasteiger charge is 2.40. The molecule has 4 atom stereocenters. The SMILES string of the molecule is CC1CCC2NC(C(=O)NCc3ccc(S(=O)(=O)C4CCC(C5CCCCC5)CC4)cc3)CC2C1. The van der Waals surface area contributed by atoms with E-state index < -0.39 is 9.84 Å². The second-order valence-corrected chi connectivity index (χ2v) is 14.3. The van der Waals surface area contributed by atoms with E-state index in [1.54, 1.807) is 12.1 Å². The first-order valence-corrected chi connectivity index (χ1v) is 15.8. The molecule has 1 heterocycles. The molecule has 194 valence electrons. The number of benzene rings is 1. The lowest BCUT2D eigenvalue weighted by atomic mass is 9.73. The molecule has 0 radical (unpaired) electrons. The zero-order valence-corrected chi connectivity index (χ0v) is 22.2. The van der Waals surface area contributed by atoms with Gasteiger partial charge in [0.15, 0.2) is 9.84 Å². The van der Waals surface area contributed by atoms with Gasteiger partial charge in [0.05, 0.1) is 16.2 Å². The van der Waals surface area contributed by atoms with Crippen LogP contribution in [0, 0.1) is 23.7 Å². The van der Waals surface area contributed by atoms with Gasteiger partial charge in [-0.3, -0.25) is 4.79 Å². The number of hydrogen-bond donors (Lipinski definition) is 2. The van der Waals surface area contributed by atoms with Crippen molar-refractivity contribution in [3.05, 3.63) is 29.8 Å². The van der Waals surface area contributed by atoms with Crippen LogP contribution in [-0.2, 0) is 21.2 Å². The largest absolute Gasteiger partial charge is 0.351 e. The highest BCUT2D eigenvalue weighted by Crippen LogP contribution is 2.41. The second kappa shape index (κ2) is 10.9. The molecule has 6 heteroatoms. The first-order chi connectivity index (χ1) is 16.9. The fraction of sp³-hybridized carbons (Fsp3) is 0.759. The first kappa shape index (κ1) is 25.3. The number of sulfone groups is 1.